The van der Waals surface area contributed by atoms with Gasteiger partial charge in [-0.15, -0.1) is 0 Å². The lowest BCUT2D eigenvalue weighted by Crippen LogP contribution is -2.35. The molecule has 21 heavy (non-hydrogen) atoms. The molecule has 0 aliphatic heterocycles. The van der Waals surface area contributed by atoms with Crippen molar-refractivity contribution >= 4 is 21.6 Å². The number of anilines is 1. The first kappa shape index (κ1) is 17.7. The van der Waals surface area contributed by atoms with E-state index in [0.717, 1.165) is 11.3 Å². The van der Waals surface area contributed by atoms with Crippen LogP contribution in [0.25, 0.3) is 0 Å². The van der Waals surface area contributed by atoms with Crippen molar-refractivity contribution in [1.29, 1.82) is 0 Å². The van der Waals surface area contributed by atoms with E-state index in [0.29, 0.717) is 6.54 Å². The third-order valence-corrected chi connectivity index (χ3v) is 4.31. The SMILES string of the molecule is Cc1ccccc1NC(=O)CCN(CC(C)C)S(C)(=O)=O. The predicted molar refractivity (Wildman–Crippen MR) is 85.7 cm³/mol. The summed E-state index contributed by atoms with van der Waals surface area (Å²) in [5, 5.41) is 2.81. The molecule has 1 rings (SSSR count). The average molecular weight is 312 g/mol. The number of nitrogens with one attached hydrogen (secondary N) is 1. The molecule has 0 spiro atoms. The molecule has 6 heteroatoms. The molecule has 0 unspecified atom stereocenters. The van der Waals surface area contributed by atoms with Gasteiger partial charge < -0.3 is 5.32 Å². The molecule has 1 N–H and O–H groups in total. The Kier molecular flexibility index (Phi) is 6.36. The third kappa shape index (κ3) is 6.27. The Morgan fingerprint density at radius 2 is 1.90 bits per heavy atom. The third-order valence-electron chi connectivity index (χ3n) is 3.05. The number of aryl methyl sites for hydroxylation is 1. The summed E-state index contributed by atoms with van der Waals surface area (Å²) in [6.07, 6.45) is 1.32. The van der Waals surface area contributed by atoms with Crippen LogP contribution in [0, 0.1) is 12.8 Å². The molecular weight excluding hydrogens is 288 g/mol. The quantitative estimate of drug-likeness (QED) is 0.839. The maximum atomic E-state index is 11.9. The van der Waals surface area contributed by atoms with Crippen molar-refractivity contribution in [1.82, 2.24) is 4.31 Å². The van der Waals surface area contributed by atoms with Gasteiger partial charge in [0, 0.05) is 25.2 Å². The van der Waals surface area contributed by atoms with Gasteiger partial charge in [0.25, 0.3) is 0 Å². The molecule has 0 aliphatic carbocycles. The highest BCUT2D eigenvalue weighted by molar-refractivity contribution is 7.88. The second-order valence-electron chi connectivity index (χ2n) is 5.63. The fourth-order valence-electron chi connectivity index (χ4n) is 1.95. The lowest BCUT2D eigenvalue weighted by atomic mass is 10.2. The molecule has 1 aromatic carbocycles. The van der Waals surface area contributed by atoms with Crippen molar-refractivity contribution in [2.45, 2.75) is 27.2 Å². The van der Waals surface area contributed by atoms with E-state index in [-0.39, 0.29) is 24.8 Å². The van der Waals surface area contributed by atoms with E-state index >= 15 is 0 Å². The van der Waals surface area contributed by atoms with Gasteiger partial charge in [0.1, 0.15) is 0 Å². The topological polar surface area (TPSA) is 66.5 Å². The number of nitrogens with zero attached hydrogens (tertiary/aromatic N) is 1. The molecule has 118 valence electrons. The van der Waals surface area contributed by atoms with Crippen LogP contribution in [0.4, 0.5) is 5.69 Å². The lowest BCUT2D eigenvalue weighted by molar-refractivity contribution is -0.116. The van der Waals surface area contributed by atoms with Crippen molar-refractivity contribution in [3.63, 3.8) is 0 Å². The summed E-state index contributed by atoms with van der Waals surface area (Å²) in [6.45, 7) is 6.44. The van der Waals surface area contributed by atoms with Crippen LogP contribution in [0.15, 0.2) is 24.3 Å². The van der Waals surface area contributed by atoms with Crippen molar-refractivity contribution in [3.8, 4) is 0 Å². The molecular formula is C15H24N2O3S. The summed E-state index contributed by atoms with van der Waals surface area (Å²) in [6, 6.07) is 7.50. The minimum absolute atomic E-state index is 0.147. The Morgan fingerprint density at radius 3 is 2.43 bits per heavy atom. The molecule has 0 saturated carbocycles. The molecule has 0 atom stereocenters. The van der Waals surface area contributed by atoms with Gasteiger partial charge in [-0.1, -0.05) is 32.0 Å². The van der Waals surface area contributed by atoms with E-state index in [2.05, 4.69) is 5.32 Å². The van der Waals surface area contributed by atoms with E-state index in [4.69, 9.17) is 0 Å². The van der Waals surface area contributed by atoms with Crippen LogP contribution in [0.2, 0.25) is 0 Å². The Bertz CT molecular complexity index is 582. The highest BCUT2D eigenvalue weighted by Gasteiger charge is 2.19. The zero-order valence-corrected chi connectivity index (χ0v) is 13.9. The van der Waals surface area contributed by atoms with E-state index < -0.39 is 10.0 Å². The zero-order chi connectivity index (χ0) is 16.0. The highest BCUT2D eigenvalue weighted by Crippen LogP contribution is 2.13. The summed E-state index contributed by atoms with van der Waals surface area (Å²) >= 11 is 0. The van der Waals surface area contributed by atoms with Crippen LogP contribution in [-0.4, -0.2) is 38.0 Å². The molecule has 1 aromatic rings. The second kappa shape index (κ2) is 7.56. The normalized spacial score (nSPS) is 11.9. The average Bonchev–Trinajstić information content (AvgIpc) is 2.35. The predicted octanol–water partition coefficient (Wildman–Crippen LogP) is 2.24. The maximum absolute atomic E-state index is 11.9. The van der Waals surface area contributed by atoms with Gasteiger partial charge in [-0.3, -0.25) is 4.79 Å². The van der Waals surface area contributed by atoms with Crippen molar-refractivity contribution in [3.05, 3.63) is 29.8 Å². The van der Waals surface area contributed by atoms with E-state index in [1.54, 1.807) is 0 Å². The molecule has 0 radical (unpaired) electrons. The van der Waals surface area contributed by atoms with Gasteiger partial charge in [0.2, 0.25) is 15.9 Å². The fraction of sp³-hybridized carbons (Fsp3) is 0.533. The van der Waals surface area contributed by atoms with Gasteiger partial charge in [-0.2, -0.15) is 0 Å². The Hall–Kier alpha value is -1.40. The van der Waals surface area contributed by atoms with Crippen LogP contribution in [-0.2, 0) is 14.8 Å². The monoisotopic (exact) mass is 312 g/mol. The standard InChI is InChI=1S/C15H24N2O3S/c1-12(2)11-17(21(4,19)20)10-9-15(18)16-14-8-6-5-7-13(14)3/h5-8,12H,9-11H2,1-4H3,(H,16,18). The summed E-state index contributed by atoms with van der Waals surface area (Å²) < 4.78 is 24.7. The maximum Gasteiger partial charge on any atom is 0.225 e. The Morgan fingerprint density at radius 1 is 1.29 bits per heavy atom. The first-order chi connectivity index (χ1) is 9.70. The number of sulfonamides is 1. The van der Waals surface area contributed by atoms with E-state index in [1.165, 1.54) is 10.6 Å². The summed E-state index contributed by atoms with van der Waals surface area (Å²) in [7, 11) is -3.28. The number of carbonyl (C=O) groups is 1. The van der Waals surface area contributed by atoms with Gasteiger partial charge in [-0.05, 0) is 24.5 Å². The van der Waals surface area contributed by atoms with Crippen molar-refractivity contribution in [2.75, 3.05) is 24.7 Å². The molecule has 1 amide bonds. The first-order valence-corrected chi connectivity index (χ1v) is 8.85. The highest BCUT2D eigenvalue weighted by atomic mass is 32.2. The molecule has 0 fully saturated rings. The fourth-order valence-corrected chi connectivity index (χ4v) is 2.94. The number of amides is 1. The van der Waals surface area contributed by atoms with Gasteiger partial charge in [0.05, 0.1) is 6.26 Å². The summed E-state index contributed by atoms with van der Waals surface area (Å²) in [5.41, 5.74) is 1.74. The molecule has 0 bridgehead atoms. The van der Waals surface area contributed by atoms with Crippen LogP contribution in [0.3, 0.4) is 0 Å². The van der Waals surface area contributed by atoms with Gasteiger partial charge >= 0.3 is 0 Å². The molecule has 0 heterocycles. The minimum atomic E-state index is -3.28. The number of hydrogen-bond acceptors (Lipinski definition) is 3. The minimum Gasteiger partial charge on any atom is -0.326 e. The van der Waals surface area contributed by atoms with Crippen LogP contribution in [0.1, 0.15) is 25.8 Å². The number of carbonyl (C=O) groups excluding carboxylic acids is 1. The van der Waals surface area contributed by atoms with Crippen molar-refractivity contribution in [2.24, 2.45) is 5.92 Å². The molecule has 0 aliphatic rings. The number of rotatable bonds is 7. The van der Waals surface area contributed by atoms with Gasteiger partial charge in [-0.25, -0.2) is 12.7 Å². The van der Waals surface area contributed by atoms with Crippen LogP contribution in [0.5, 0.6) is 0 Å². The smallest absolute Gasteiger partial charge is 0.225 e. The number of benzene rings is 1. The van der Waals surface area contributed by atoms with Crippen molar-refractivity contribution < 1.29 is 13.2 Å². The summed E-state index contributed by atoms with van der Waals surface area (Å²) in [5.74, 6) is 0.0425. The Labute approximate surface area is 127 Å². The number of para-hydroxylation sites is 1. The Balaban J connectivity index is 2.60. The molecule has 0 aromatic heterocycles. The van der Waals surface area contributed by atoms with E-state index in [1.807, 2.05) is 45.0 Å². The van der Waals surface area contributed by atoms with Crippen LogP contribution < -0.4 is 5.32 Å². The lowest BCUT2D eigenvalue weighted by Gasteiger charge is -2.21. The summed E-state index contributed by atoms with van der Waals surface area (Å²) in [4.78, 5) is 11.9. The molecule has 5 nitrogen and oxygen atoms in total. The van der Waals surface area contributed by atoms with Crippen LogP contribution >= 0.6 is 0 Å². The second-order valence-corrected chi connectivity index (χ2v) is 7.61. The van der Waals surface area contributed by atoms with E-state index in [9.17, 15) is 13.2 Å². The largest absolute Gasteiger partial charge is 0.326 e. The first-order valence-electron chi connectivity index (χ1n) is 7.00. The number of hydrogen-bond donors (Lipinski definition) is 1. The van der Waals surface area contributed by atoms with Gasteiger partial charge in [0.15, 0.2) is 0 Å². The zero-order valence-electron chi connectivity index (χ0n) is 13.1. The molecule has 0 saturated heterocycles.